The summed E-state index contributed by atoms with van der Waals surface area (Å²) in [6.45, 7) is 5.90. The average molecular weight is 699 g/mol. The molecule has 2 unspecified atom stereocenters. The van der Waals surface area contributed by atoms with Crippen molar-refractivity contribution < 1.29 is 28.4 Å². The lowest BCUT2D eigenvalue weighted by Gasteiger charge is -2.26. The first-order valence-corrected chi connectivity index (χ1v) is 19.6. The molecule has 50 heavy (non-hydrogen) atoms. The number of hydrogen-bond acceptors (Lipinski definition) is 6. The number of phenolic OH excluding ortho intramolecular Hbond substituents is 2. The summed E-state index contributed by atoms with van der Waals surface area (Å²) in [7, 11) is -5.90. The summed E-state index contributed by atoms with van der Waals surface area (Å²) >= 11 is 0. The molecular weight excluding hydrogens is 662 g/mol. The zero-order valence-electron chi connectivity index (χ0n) is 27.9. The second-order valence-electron chi connectivity index (χ2n) is 12.5. The molecule has 250 valence electrons. The highest BCUT2D eigenvalue weighted by molar-refractivity contribution is 7.72. The van der Waals surface area contributed by atoms with Crippen LogP contribution in [0.2, 0.25) is 0 Å². The minimum Gasteiger partial charge on any atom is -0.508 e. The lowest BCUT2D eigenvalue weighted by atomic mass is 9.78. The molecule has 0 saturated carbocycles. The predicted molar refractivity (Wildman–Crippen MR) is 203 cm³/mol. The van der Waals surface area contributed by atoms with Crippen LogP contribution in [0.4, 0.5) is 0 Å². The second kappa shape index (κ2) is 13.8. The first-order valence-electron chi connectivity index (χ1n) is 15.9. The fraction of sp³-hybridized carbons (Fsp3) is 0.0952. The summed E-state index contributed by atoms with van der Waals surface area (Å²) < 4.78 is 36.0. The highest BCUT2D eigenvalue weighted by atomic mass is 31.2. The number of fused-ring (bicyclic) bond motifs is 6. The number of rotatable bonds is 2. The Labute approximate surface area is 292 Å². The molecule has 8 heteroatoms. The van der Waals surface area contributed by atoms with Crippen molar-refractivity contribution in [3.05, 3.63) is 157 Å². The van der Waals surface area contributed by atoms with Gasteiger partial charge in [0.05, 0.1) is 10.6 Å². The Bertz CT molecular complexity index is 2260. The molecule has 0 aliphatic carbocycles. The molecule has 6 nitrogen and oxygen atoms in total. The van der Waals surface area contributed by atoms with E-state index in [9.17, 15) is 19.3 Å². The fourth-order valence-corrected chi connectivity index (χ4v) is 9.14. The summed E-state index contributed by atoms with van der Waals surface area (Å²) in [5, 5.41) is 20.0. The number of para-hydroxylation sites is 2. The SMILES string of the molecule is C#CP1(=O)Oc2ccccc2-c2ccccc21.CC(C)(c1ccc(O)cc1)c1ccc(O)cc1.CP1(=O)Oc2ccccc2-c2ccccc21. The van der Waals surface area contributed by atoms with Crippen LogP contribution in [-0.4, -0.2) is 16.9 Å². The number of hydrogen-bond donors (Lipinski definition) is 2. The van der Waals surface area contributed by atoms with E-state index in [1.165, 1.54) is 0 Å². The van der Waals surface area contributed by atoms with Gasteiger partial charge >= 0.3 is 7.37 Å². The van der Waals surface area contributed by atoms with Crippen LogP contribution in [0.5, 0.6) is 23.0 Å². The number of aromatic hydroxyl groups is 2. The minimum atomic E-state index is -3.19. The molecule has 6 aromatic rings. The van der Waals surface area contributed by atoms with E-state index in [4.69, 9.17) is 15.5 Å². The molecule has 8 rings (SSSR count). The van der Waals surface area contributed by atoms with Crippen LogP contribution in [0, 0.1) is 12.1 Å². The average Bonchev–Trinajstić information content (AvgIpc) is 3.13. The highest BCUT2D eigenvalue weighted by Gasteiger charge is 2.34. The summed E-state index contributed by atoms with van der Waals surface area (Å²) in [6.07, 6.45) is 5.37. The van der Waals surface area contributed by atoms with Crippen LogP contribution in [0.3, 0.4) is 0 Å². The summed E-state index contributed by atoms with van der Waals surface area (Å²) in [5.41, 5.74) is 8.29. The summed E-state index contributed by atoms with van der Waals surface area (Å²) in [5.74, 6) is 1.85. The zero-order chi connectivity index (χ0) is 35.5. The van der Waals surface area contributed by atoms with Gasteiger partial charge in [0.15, 0.2) is 0 Å². The van der Waals surface area contributed by atoms with Crippen LogP contribution < -0.4 is 19.7 Å². The smallest absolute Gasteiger partial charge is 0.349 e. The van der Waals surface area contributed by atoms with E-state index in [0.717, 1.165) is 38.7 Å². The van der Waals surface area contributed by atoms with Crippen molar-refractivity contribution in [3.8, 4) is 57.3 Å². The molecule has 2 aliphatic heterocycles. The normalized spacial score (nSPS) is 17.9. The van der Waals surface area contributed by atoms with Crippen molar-refractivity contribution in [1.29, 1.82) is 0 Å². The third-order valence-corrected chi connectivity index (χ3v) is 12.4. The van der Waals surface area contributed by atoms with Crippen LogP contribution in [-0.2, 0) is 14.5 Å². The predicted octanol–water partition coefficient (Wildman–Crippen LogP) is 9.94. The van der Waals surface area contributed by atoms with Gasteiger partial charge in [-0.05, 0) is 65.2 Å². The fourth-order valence-electron chi connectivity index (χ4n) is 5.99. The Morgan fingerprint density at radius 2 is 0.920 bits per heavy atom. The van der Waals surface area contributed by atoms with E-state index in [-0.39, 0.29) is 16.9 Å². The molecule has 0 amide bonds. The summed E-state index contributed by atoms with van der Waals surface area (Å²) in [4.78, 5) is 0. The van der Waals surface area contributed by atoms with Crippen LogP contribution in [0.1, 0.15) is 25.0 Å². The molecule has 0 radical (unpaired) electrons. The highest BCUT2D eigenvalue weighted by Crippen LogP contribution is 2.54. The Balaban J connectivity index is 0.000000130. The van der Waals surface area contributed by atoms with E-state index in [0.29, 0.717) is 16.8 Å². The number of benzene rings is 6. The molecule has 0 saturated heterocycles. The number of phenols is 2. The maximum absolute atomic E-state index is 12.5. The Hall–Kier alpha value is -5.46. The van der Waals surface area contributed by atoms with Gasteiger partial charge in [0.2, 0.25) is 0 Å². The topological polar surface area (TPSA) is 93.1 Å². The van der Waals surface area contributed by atoms with Crippen LogP contribution >= 0.6 is 14.7 Å². The van der Waals surface area contributed by atoms with Crippen molar-refractivity contribution in [1.82, 2.24) is 0 Å². The van der Waals surface area contributed by atoms with Crippen LogP contribution in [0.25, 0.3) is 22.3 Å². The van der Waals surface area contributed by atoms with Crippen molar-refractivity contribution in [2.75, 3.05) is 6.66 Å². The first-order chi connectivity index (χ1) is 23.9. The van der Waals surface area contributed by atoms with Gasteiger partial charge in [-0.25, -0.2) is 0 Å². The molecule has 0 aromatic heterocycles. The van der Waals surface area contributed by atoms with E-state index in [1.807, 2.05) is 109 Å². The minimum absolute atomic E-state index is 0.151. The van der Waals surface area contributed by atoms with Gasteiger partial charge in [0, 0.05) is 34.4 Å². The van der Waals surface area contributed by atoms with Gasteiger partial charge in [-0.3, -0.25) is 9.13 Å². The van der Waals surface area contributed by atoms with Crippen molar-refractivity contribution in [2.45, 2.75) is 19.3 Å². The third kappa shape index (κ3) is 6.85. The quantitative estimate of drug-likeness (QED) is 0.138. The molecule has 2 atom stereocenters. The monoisotopic (exact) mass is 698 g/mol. The van der Waals surface area contributed by atoms with Gasteiger partial charge in [-0.1, -0.05) is 111 Å². The molecule has 2 aliphatic rings. The van der Waals surface area contributed by atoms with Crippen molar-refractivity contribution in [2.24, 2.45) is 0 Å². The molecule has 0 fully saturated rings. The van der Waals surface area contributed by atoms with Crippen molar-refractivity contribution >= 4 is 25.3 Å². The van der Waals surface area contributed by atoms with E-state index < -0.39 is 14.7 Å². The maximum Gasteiger partial charge on any atom is 0.349 e. The van der Waals surface area contributed by atoms with Gasteiger partial charge in [0.1, 0.15) is 23.0 Å². The molecule has 2 heterocycles. The Morgan fingerprint density at radius 1 is 0.540 bits per heavy atom. The van der Waals surface area contributed by atoms with Crippen LogP contribution in [0.15, 0.2) is 146 Å². The lowest BCUT2D eigenvalue weighted by molar-refractivity contribution is 0.474. The van der Waals surface area contributed by atoms with Crippen molar-refractivity contribution in [3.63, 3.8) is 0 Å². The van der Waals surface area contributed by atoms with E-state index in [2.05, 4.69) is 19.5 Å². The third-order valence-electron chi connectivity index (χ3n) is 8.76. The van der Waals surface area contributed by atoms with E-state index in [1.54, 1.807) is 43.1 Å². The molecule has 2 N–H and O–H groups in total. The Kier molecular flexibility index (Phi) is 9.50. The maximum atomic E-state index is 12.5. The van der Waals surface area contributed by atoms with Gasteiger partial charge in [0.25, 0.3) is 7.37 Å². The molecule has 0 spiro atoms. The van der Waals surface area contributed by atoms with Gasteiger partial charge in [-0.2, -0.15) is 0 Å². The lowest BCUT2D eigenvalue weighted by Crippen LogP contribution is -2.18. The Morgan fingerprint density at radius 3 is 1.40 bits per heavy atom. The standard InChI is InChI=1S/C15H16O2.C14H9O2P.C13H11O2P/c1-15(2,11-3-7-13(16)8-4-11)12-5-9-14(17)10-6-12;1-2-17(15)14-10-6-4-8-12(14)11-7-3-5-9-13(11)16-17;1-16(14)13-9-5-3-7-11(13)10-6-2-4-8-12(10)15-16/h3-10,16-17H,1-2H3;1,3-10H;2-9H,1H3. The molecular formula is C42H36O6P2. The van der Waals surface area contributed by atoms with Gasteiger partial charge in [-0.15, -0.1) is 6.42 Å². The molecule has 0 bridgehead atoms. The largest absolute Gasteiger partial charge is 0.508 e. The molecule has 6 aromatic carbocycles. The second-order valence-corrected chi connectivity index (χ2v) is 16.8. The first kappa shape index (κ1) is 34.4. The number of terminal acetylenes is 1. The van der Waals surface area contributed by atoms with E-state index >= 15 is 0 Å². The summed E-state index contributed by atoms with van der Waals surface area (Å²) in [6, 6.07) is 44.8. The zero-order valence-corrected chi connectivity index (χ0v) is 29.6. The van der Waals surface area contributed by atoms with Gasteiger partial charge < -0.3 is 19.3 Å².